The number of ether oxygens (including phenoxy) is 2. The zero-order valence-electron chi connectivity index (χ0n) is 13.1. The standard InChI is InChI=1S/C15H19N3O4S/c1-3-18-13(16-17-15(18)23-8-7-14(19)20)10-22-12-6-4-5-11(9-12)21-2/h4-6,9H,3,7-8,10H2,1-2H3,(H,19,20). The lowest BCUT2D eigenvalue weighted by atomic mass is 10.3. The fraction of sp³-hybridized carbons (Fsp3) is 0.400. The van der Waals surface area contributed by atoms with Gasteiger partial charge in [-0.3, -0.25) is 4.79 Å². The lowest BCUT2D eigenvalue weighted by Crippen LogP contribution is -2.07. The van der Waals surface area contributed by atoms with E-state index in [9.17, 15) is 4.79 Å². The summed E-state index contributed by atoms with van der Waals surface area (Å²) in [4.78, 5) is 10.6. The number of hydrogen-bond acceptors (Lipinski definition) is 6. The topological polar surface area (TPSA) is 86.5 Å². The molecule has 0 aliphatic rings. The van der Waals surface area contributed by atoms with Gasteiger partial charge in [0.2, 0.25) is 0 Å². The summed E-state index contributed by atoms with van der Waals surface area (Å²) >= 11 is 1.38. The SMILES string of the molecule is CCn1c(COc2cccc(OC)c2)nnc1SCCC(=O)O. The molecule has 0 atom stereocenters. The molecule has 0 aliphatic carbocycles. The van der Waals surface area contributed by atoms with Crippen LogP contribution in [-0.4, -0.2) is 38.7 Å². The summed E-state index contributed by atoms with van der Waals surface area (Å²) in [6.07, 6.45) is 0.0941. The molecular weight excluding hydrogens is 318 g/mol. The van der Waals surface area contributed by atoms with Crippen molar-refractivity contribution >= 4 is 17.7 Å². The van der Waals surface area contributed by atoms with Crippen LogP contribution in [0.3, 0.4) is 0 Å². The molecule has 0 aliphatic heterocycles. The van der Waals surface area contributed by atoms with E-state index in [4.69, 9.17) is 14.6 Å². The van der Waals surface area contributed by atoms with Crippen LogP contribution in [0, 0.1) is 0 Å². The number of carboxylic acid groups (broad SMARTS) is 1. The number of benzene rings is 1. The molecule has 0 spiro atoms. The van der Waals surface area contributed by atoms with E-state index in [0.717, 1.165) is 5.75 Å². The van der Waals surface area contributed by atoms with E-state index in [1.807, 2.05) is 29.7 Å². The first-order chi connectivity index (χ1) is 11.1. The van der Waals surface area contributed by atoms with Crippen LogP contribution in [0.1, 0.15) is 19.2 Å². The van der Waals surface area contributed by atoms with E-state index in [0.29, 0.717) is 29.0 Å². The Morgan fingerprint density at radius 3 is 2.83 bits per heavy atom. The lowest BCUT2D eigenvalue weighted by molar-refractivity contribution is -0.136. The summed E-state index contributed by atoms with van der Waals surface area (Å²) in [5.74, 6) is 1.76. The van der Waals surface area contributed by atoms with Crippen LogP contribution in [0.4, 0.5) is 0 Å². The number of rotatable bonds is 9. The first kappa shape index (κ1) is 17.1. The van der Waals surface area contributed by atoms with Gasteiger partial charge in [0.1, 0.15) is 18.1 Å². The molecule has 1 N–H and O–H groups in total. The highest BCUT2D eigenvalue weighted by molar-refractivity contribution is 7.99. The van der Waals surface area contributed by atoms with Gasteiger partial charge in [-0.2, -0.15) is 0 Å². The van der Waals surface area contributed by atoms with Gasteiger partial charge in [-0.15, -0.1) is 10.2 Å². The number of methoxy groups -OCH3 is 1. The molecule has 2 rings (SSSR count). The quantitative estimate of drug-likeness (QED) is 0.703. The molecule has 8 heteroatoms. The number of carboxylic acids is 1. The monoisotopic (exact) mass is 337 g/mol. The maximum Gasteiger partial charge on any atom is 0.304 e. The summed E-state index contributed by atoms with van der Waals surface area (Å²) in [5.41, 5.74) is 0. The molecule has 1 heterocycles. The van der Waals surface area contributed by atoms with Crippen LogP contribution >= 0.6 is 11.8 Å². The minimum atomic E-state index is -0.818. The number of carbonyl (C=O) groups is 1. The molecule has 124 valence electrons. The van der Waals surface area contributed by atoms with Crippen LogP contribution in [0.2, 0.25) is 0 Å². The average Bonchev–Trinajstić information content (AvgIpc) is 2.94. The Hall–Kier alpha value is -2.22. The van der Waals surface area contributed by atoms with Crippen molar-refractivity contribution in [3.8, 4) is 11.5 Å². The van der Waals surface area contributed by atoms with Crippen molar-refractivity contribution in [3.63, 3.8) is 0 Å². The summed E-state index contributed by atoms with van der Waals surface area (Å²) in [6, 6.07) is 7.34. The van der Waals surface area contributed by atoms with Crippen molar-refractivity contribution in [1.29, 1.82) is 0 Å². The number of nitrogens with zero attached hydrogens (tertiary/aromatic N) is 3. The summed E-state index contributed by atoms with van der Waals surface area (Å²) in [6.45, 7) is 2.96. The van der Waals surface area contributed by atoms with E-state index in [1.54, 1.807) is 13.2 Å². The Balaban J connectivity index is 1.99. The number of thioether (sulfide) groups is 1. The molecule has 7 nitrogen and oxygen atoms in total. The van der Waals surface area contributed by atoms with Crippen LogP contribution < -0.4 is 9.47 Å². The largest absolute Gasteiger partial charge is 0.497 e. The van der Waals surface area contributed by atoms with Crippen molar-refractivity contribution < 1.29 is 19.4 Å². The Labute approximate surface area is 138 Å². The summed E-state index contributed by atoms with van der Waals surface area (Å²) in [5, 5.41) is 17.6. The van der Waals surface area contributed by atoms with E-state index < -0.39 is 5.97 Å². The highest BCUT2D eigenvalue weighted by Gasteiger charge is 2.12. The number of aromatic nitrogens is 3. The molecule has 23 heavy (non-hydrogen) atoms. The van der Waals surface area contributed by atoms with Crippen molar-refractivity contribution in [3.05, 3.63) is 30.1 Å². The van der Waals surface area contributed by atoms with Crippen LogP contribution in [0.15, 0.2) is 29.4 Å². The molecule has 2 aromatic rings. The highest BCUT2D eigenvalue weighted by atomic mass is 32.2. The molecule has 1 aromatic heterocycles. The second-order valence-corrected chi connectivity index (χ2v) is 5.66. The van der Waals surface area contributed by atoms with Crippen LogP contribution in [-0.2, 0) is 17.9 Å². The predicted octanol–water partition coefficient (Wildman–Crippen LogP) is 2.45. The Morgan fingerprint density at radius 1 is 1.35 bits per heavy atom. The molecule has 0 bridgehead atoms. The Morgan fingerprint density at radius 2 is 2.13 bits per heavy atom. The molecule has 0 saturated heterocycles. The minimum absolute atomic E-state index is 0.0941. The average molecular weight is 337 g/mol. The Bertz CT molecular complexity index is 660. The van der Waals surface area contributed by atoms with E-state index >= 15 is 0 Å². The number of aliphatic carboxylic acids is 1. The fourth-order valence-electron chi connectivity index (χ4n) is 1.92. The molecule has 0 unspecified atom stereocenters. The summed E-state index contributed by atoms with van der Waals surface area (Å²) in [7, 11) is 1.60. The Kier molecular flexibility index (Phi) is 6.28. The first-order valence-corrected chi connectivity index (χ1v) is 8.16. The van der Waals surface area contributed by atoms with Gasteiger partial charge in [0.05, 0.1) is 13.5 Å². The zero-order valence-corrected chi connectivity index (χ0v) is 13.9. The third kappa shape index (κ3) is 4.88. The highest BCUT2D eigenvalue weighted by Crippen LogP contribution is 2.21. The minimum Gasteiger partial charge on any atom is -0.497 e. The lowest BCUT2D eigenvalue weighted by Gasteiger charge is -2.09. The molecular formula is C15H19N3O4S. The van der Waals surface area contributed by atoms with Gasteiger partial charge in [0.15, 0.2) is 11.0 Å². The van der Waals surface area contributed by atoms with Crippen LogP contribution in [0.5, 0.6) is 11.5 Å². The van der Waals surface area contributed by atoms with Gasteiger partial charge in [-0.1, -0.05) is 17.8 Å². The second kappa shape index (κ2) is 8.42. The molecule has 0 amide bonds. The van der Waals surface area contributed by atoms with Gasteiger partial charge >= 0.3 is 5.97 Å². The van der Waals surface area contributed by atoms with Gasteiger partial charge in [-0.05, 0) is 19.1 Å². The normalized spacial score (nSPS) is 10.5. The van der Waals surface area contributed by atoms with Crippen molar-refractivity contribution in [2.45, 2.75) is 31.7 Å². The predicted molar refractivity (Wildman–Crippen MR) is 86.0 cm³/mol. The summed E-state index contributed by atoms with van der Waals surface area (Å²) < 4.78 is 12.8. The zero-order chi connectivity index (χ0) is 16.7. The van der Waals surface area contributed by atoms with Crippen molar-refractivity contribution in [1.82, 2.24) is 14.8 Å². The fourth-order valence-corrected chi connectivity index (χ4v) is 2.87. The van der Waals surface area contributed by atoms with Crippen molar-refractivity contribution in [2.24, 2.45) is 0 Å². The number of hydrogen-bond donors (Lipinski definition) is 1. The molecule has 0 radical (unpaired) electrons. The maximum atomic E-state index is 10.6. The van der Waals surface area contributed by atoms with Gasteiger partial charge < -0.3 is 19.1 Å². The van der Waals surface area contributed by atoms with Gasteiger partial charge in [-0.25, -0.2) is 0 Å². The van der Waals surface area contributed by atoms with E-state index in [-0.39, 0.29) is 13.0 Å². The van der Waals surface area contributed by atoms with E-state index in [1.165, 1.54) is 11.8 Å². The van der Waals surface area contributed by atoms with Gasteiger partial charge in [0, 0.05) is 18.4 Å². The van der Waals surface area contributed by atoms with E-state index in [2.05, 4.69) is 10.2 Å². The third-order valence-corrected chi connectivity index (χ3v) is 4.03. The molecule has 0 fully saturated rings. The van der Waals surface area contributed by atoms with Gasteiger partial charge in [0.25, 0.3) is 0 Å². The molecule has 0 saturated carbocycles. The third-order valence-electron chi connectivity index (χ3n) is 3.07. The molecule has 1 aromatic carbocycles. The maximum absolute atomic E-state index is 10.6. The van der Waals surface area contributed by atoms with Crippen molar-refractivity contribution in [2.75, 3.05) is 12.9 Å². The smallest absolute Gasteiger partial charge is 0.304 e. The van der Waals surface area contributed by atoms with Crippen LogP contribution in [0.25, 0.3) is 0 Å². The second-order valence-electron chi connectivity index (χ2n) is 4.60. The first-order valence-electron chi connectivity index (χ1n) is 7.17.